The van der Waals surface area contributed by atoms with E-state index in [0.717, 1.165) is 24.0 Å². The molecule has 22 heavy (non-hydrogen) atoms. The van der Waals surface area contributed by atoms with Crippen molar-refractivity contribution in [3.8, 4) is 11.5 Å². The van der Waals surface area contributed by atoms with E-state index < -0.39 is 0 Å². The van der Waals surface area contributed by atoms with E-state index in [1.807, 2.05) is 44.2 Å². The van der Waals surface area contributed by atoms with Crippen molar-refractivity contribution in [2.24, 2.45) is 0 Å². The number of carbonyl (C=O) groups excluding carboxylic acids is 1. The topological polar surface area (TPSA) is 35.5 Å². The van der Waals surface area contributed by atoms with Crippen molar-refractivity contribution in [1.82, 2.24) is 0 Å². The predicted octanol–water partition coefficient (Wildman–Crippen LogP) is 4.43. The van der Waals surface area contributed by atoms with Gasteiger partial charge in [-0.1, -0.05) is 38.1 Å². The lowest BCUT2D eigenvalue weighted by atomic mass is 10.1. The lowest BCUT2D eigenvalue weighted by Gasteiger charge is -2.13. The molecule has 0 unspecified atom stereocenters. The first-order valence-electron chi connectivity index (χ1n) is 7.75. The van der Waals surface area contributed by atoms with Gasteiger partial charge >= 0.3 is 5.97 Å². The van der Waals surface area contributed by atoms with Crippen LogP contribution >= 0.6 is 0 Å². The van der Waals surface area contributed by atoms with Crippen LogP contribution in [0.2, 0.25) is 0 Å². The van der Waals surface area contributed by atoms with Crippen molar-refractivity contribution < 1.29 is 14.3 Å². The van der Waals surface area contributed by atoms with Gasteiger partial charge in [0.1, 0.15) is 0 Å². The summed E-state index contributed by atoms with van der Waals surface area (Å²) in [4.78, 5) is 12.4. The Morgan fingerprint density at radius 1 is 0.955 bits per heavy atom. The Labute approximate surface area is 131 Å². The molecule has 3 nitrogen and oxygen atoms in total. The molecule has 0 fully saturated rings. The molecular weight excluding hydrogens is 276 g/mol. The summed E-state index contributed by atoms with van der Waals surface area (Å²) < 4.78 is 11.2. The minimum atomic E-state index is -0.345. The number of carbonyl (C=O) groups is 1. The minimum Gasteiger partial charge on any atom is -0.490 e. The fourth-order valence-corrected chi connectivity index (χ4v) is 2.31. The number of esters is 1. The van der Waals surface area contributed by atoms with Gasteiger partial charge in [-0.05, 0) is 49.1 Å². The van der Waals surface area contributed by atoms with E-state index in [4.69, 9.17) is 9.47 Å². The van der Waals surface area contributed by atoms with Crippen LogP contribution in [-0.2, 0) is 12.8 Å². The Hall–Kier alpha value is -2.29. The van der Waals surface area contributed by atoms with E-state index >= 15 is 0 Å². The van der Waals surface area contributed by atoms with Crippen LogP contribution in [0.25, 0.3) is 0 Å². The molecule has 0 aromatic heterocycles. The van der Waals surface area contributed by atoms with Crippen molar-refractivity contribution in [2.45, 2.75) is 33.6 Å². The zero-order valence-electron chi connectivity index (χ0n) is 13.4. The van der Waals surface area contributed by atoms with Gasteiger partial charge in [-0.25, -0.2) is 4.79 Å². The fraction of sp³-hybridized carbons (Fsp3) is 0.316. The standard InChI is InChI=1S/C19H22O3/c1-4-14-11-12-17(18(13-14)21-6-3)22-19(20)16-10-8-7-9-15(16)5-2/h7-13H,4-6H2,1-3H3. The monoisotopic (exact) mass is 298 g/mol. The highest BCUT2D eigenvalue weighted by Crippen LogP contribution is 2.29. The Morgan fingerprint density at radius 2 is 1.73 bits per heavy atom. The van der Waals surface area contributed by atoms with E-state index in [1.165, 1.54) is 0 Å². The van der Waals surface area contributed by atoms with Gasteiger partial charge < -0.3 is 9.47 Å². The Morgan fingerprint density at radius 3 is 2.41 bits per heavy atom. The zero-order valence-corrected chi connectivity index (χ0v) is 13.4. The summed E-state index contributed by atoms with van der Waals surface area (Å²) in [5.74, 6) is 0.738. The summed E-state index contributed by atoms with van der Waals surface area (Å²) in [6.07, 6.45) is 1.70. The molecule has 3 heteroatoms. The summed E-state index contributed by atoms with van der Waals surface area (Å²) in [7, 11) is 0. The smallest absolute Gasteiger partial charge is 0.343 e. The molecule has 0 spiro atoms. The molecule has 0 radical (unpaired) electrons. The fourth-order valence-electron chi connectivity index (χ4n) is 2.31. The number of aryl methyl sites for hydroxylation is 2. The highest BCUT2D eigenvalue weighted by Gasteiger charge is 2.15. The summed E-state index contributed by atoms with van der Waals surface area (Å²) >= 11 is 0. The highest BCUT2D eigenvalue weighted by molar-refractivity contribution is 5.93. The summed E-state index contributed by atoms with van der Waals surface area (Å²) in [6, 6.07) is 13.2. The molecule has 0 saturated heterocycles. The number of ether oxygens (including phenoxy) is 2. The van der Waals surface area contributed by atoms with Crippen molar-refractivity contribution in [3.05, 3.63) is 59.2 Å². The van der Waals surface area contributed by atoms with Gasteiger partial charge in [0.25, 0.3) is 0 Å². The first-order chi connectivity index (χ1) is 10.7. The van der Waals surface area contributed by atoms with Crippen molar-refractivity contribution in [2.75, 3.05) is 6.61 Å². The summed E-state index contributed by atoms with van der Waals surface area (Å²) in [6.45, 7) is 6.54. The van der Waals surface area contributed by atoms with Gasteiger partial charge in [-0.15, -0.1) is 0 Å². The maximum Gasteiger partial charge on any atom is 0.343 e. The molecule has 0 atom stereocenters. The normalized spacial score (nSPS) is 10.3. The lowest BCUT2D eigenvalue weighted by Crippen LogP contribution is -2.12. The maximum absolute atomic E-state index is 12.4. The molecular formula is C19H22O3. The van der Waals surface area contributed by atoms with Crippen LogP contribution in [0.3, 0.4) is 0 Å². The van der Waals surface area contributed by atoms with E-state index in [-0.39, 0.29) is 5.97 Å². The number of hydrogen-bond acceptors (Lipinski definition) is 3. The minimum absolute atomic E-state index is 0.345. The second kappa shape index (κ2) is 7.64. The molecule has 2 aromatic carbocycles. The van der Waals surface area contributed by atoms with E-state index in [1.54, 1.807) is 12.1 Å². The van der Waals surface area contributed by atoms with Crippen molar-refractivity contribution in [3.63, 3.8) is 0 Å². The third-order valence-corrected chi connectivity index (χ3v) is 3.54. The third kappa shape index (κ3) is 3.67. The van der Waals surface area contributed by atoms with Crippen LogP contribution in [-0.4, -0.2) is 12.6 Å². The second-order valence-electron chi connectivity index (χ2n) is 4.97. The van der Waals surface area contributed by atoms with Crippen LogP contribution in [0.15, 0.2) is 42.5 Å². The van der Waals surface area contributed by atoms with Gasteiger partial charge in [0.15, 0.2) is 11.5 Å². The lowest BCUT2D eigenvalue weighted by molar-refractivity contribution is 0.0727. The van der Waals surface area contributed by atoms with E-state index in [9.17, 15) is 4.79 Å². The van der Waals surface area contributed by atoms with Crippen LogP contribution in [0, 0.1) is 0 Å². The van der Waals surface area contributed by atoms with Gasteiger partial charge in [0.2, 0.25) is 0 Å². The van der Waals surface area contributed by atoms with Gasteiger partial charge in [0.05, 0.1) is 12.2 Å². The average molecular weight is 298 g/mol. The van der Waals surface area contributed by atoms with Crippen LogP contribution in [0.4, 0.5) is 0 Å². The van der Waals surface area contributed by atoms with Gasteiger partial charge in [-0.2, -0.15) is 0 Å². The zero-order chi connectivity index (χ0) is 15.9. The number of hydrogen-bond donors (Lipinski definition) is 0. The van der Waals surface area contributed by atoms with Crippen LogP contribution < -0.4 is 9.47 Å². The molecule has 0 aliphatic heterocycles. The quantitative estimate of drug-likeness (QED) is 0.584. The molecule has 0 heterocycles. The molecule has 0 aliphatic rings. The maximum atomic E-state index is 12.4. The first kappa shape index (κ1) is 16.1. The molecule has 116 valence electrons. The van der Waals surface area contributed by atoms with Crippen molar-refractivity contribution in [1.29, 1.82) is 0 Å². The predicted molar refractivity (Wildman–Crippen MR) is 87.8 cm³/mol. The summed E-state index contributed by atoms with van der Waals surface area (Å²) in [5, 5.41) is 0. The van der Waals surface area contributed by atoms with Crippen molar-refractivity contribution >= 4 is 5.97 Å². The molecule has 0 N–H and O–H groups in total. The molecule has 2 aromatic rings. The second-order valence-corrected chi connectivity index (χ2v) is 4.97. The number of benzene rings is 2. The third-order valence-electron chi connectivity index (χ3n) is 3.54. The highest BCUT2D eigenvalue weighted by atomic mass is 16.6. The van der Waals surface area contributed by atoms with E-state index in [2.05, 4.69) is 6.92 Å². The molecule has 0 saturated carbocycles. The molecule has 0 aliphatic carbocycles. The Bertz CT molecular complexity index is 647. The molecule has 0 amide bonds. The average Bonchev–Trinajstić information content (AvgIpc) is 2.56. The Kier molecular flexibility index (Phi) is 5.59. The molecule has 0 bridgehead atoms. The summed E-state index contributed by atoms with van der Waals surface area (Å²) in [5.41, 5.74) is 2.74. The van der Waals surface area contributed by atoms with Gasteiger partial charge in [0, 0.05) is 0 Å². The number of rotatable bonds is 6. The first-order valence-corrected chi connectivity index (χ1v) is 7.75. The van der Waals surface area contributed by atoms with Crippen LogP contribution in [0.1, 0.15) is 42.3 Å². The van der Waals surface area contributed by atoms with E-state index in [0.29, 0.717) is 23.7 Å². The van der Waals surface area contributed by atoms with Crippen LogP contribution in [0.5, 0.6) is 11.5 Å². The SMILES string of the molecule is CCOc1cc(CC)ccc1OC(=O)c1ccccc1CC. The Balaban J connectivity index is 2.27. The van der Waals surface area contributed by atoms with Gasteiger partial charge in [-0.3, -0.25) is 0 Å². The largest absolute Gasteiger partial charge is 0.490 e. The molecule has 2 rings (SSSR count).